The number of nitrogens with zero attached hydrogens (tertiary/aromatic N) is 2. The lowest BCUT2D eigenvalue weighted by atomic mass is 10.0. The highest BCUT2D eigenvalue weighted by Gasteiger charge is 2.35. The summed E-state index contributed by atoms with van der Waals surface area (Å²) in [4.78, 5) is 29.7. The molecule has 0 fully saturated rings. The van der Waals surface area contributed by atoms with Crippen molar-refractivity contribution in [2.75, 3.05) is 25.1 Å². The summed E-state index contributed by atoms with van der Waals surface area (Å²) in [6, 6.07) is 24.1. The number of carbonyl (C=O) groups is 2. The Morgan fingerprint density at radius 3 is 2.08 bits per heavy atom. The third kappa shape index (κ3) is 9.00. The summed E-state index contributed by atoms with van der Waals surface area (Å²) >= 11 is 12.5. The van der Waals surface area contributed by atoms with E-state index >= 15 is 0 Å². The van der Waals surface area contributed by atoms with E-state index in [0.717, 1.165) is 15.4 Å². The fourth-order valence-electron chi connectivity index (χ4n) is 5.11. The maximum absolute atomic E-state index is 14.6. The van der Waals surface area contributed by atoms with Crippen LogP contribution in [0.2, 0.25) is 10.0 Å². The smallest absolute Gasteiger partial charge is 0.264 e. The number of aryl methyl sites for hydroxylation is 1. The van der Waals surface area contributed by atoms with Gasteiger partial charge < -0.3 is 19.7 Å². The van der Waals surface area contributed by atoms with Crippen molar-refractivity contribution >= 4 is 50.7 Å². The fraction of sp³-hybridized carbons (Fsp3) is 0.278. The summed E-state index contributed by atoms with van der Waals surface area (Å²) in [5.74, 6) is -0.428. The quantitative estimate of drug-likeness (QED) is 0.157. The molecule has 12 heteroatoms. The van der Waals surface area contributed by atoms with E-state index in [1.54, 1.807) is 42.5 Å². The third-order valence-electron chi connectivity index (χ3n) is 7.58. The minimum atomic E-state index is -4.35. The van der Waals surface area contributed by atoms with E-state index in [2.05, 4.69) is 5.32 Å². The summed E-state index contributed by atoms with van der Waals surface area (Å²) in [7, 11) is -1.49. The molecule has 9 nitrogen and oxygen atoms in total. The van der Waals surface area contributed by atoms with Crippen LogP contribution < -0.4 is 19.1 Å². The van der Waals surface area contributed by atoms with Crippen molar-refractivity contribution in [3.8, 4) is 11.5 Å². The van der Waals surface area contributed by atoms with Crippen molar-refractivity contribution in [2.24, 2.45) is 0 Å². The first-order chi connectivity index (χ1) is 22.8. The molecule has 254 valence electrons. The average Bonchev–Trinajstić information content (AvgIpc) is 3.06. The van der Waals surface area contributed by atoms with Crippen LogP contribution in [0.15, 0.2) is 95.9 Å². The van der Waals surface area contributed by atoms with E-state index < -0.39 is 28.5 Å². The van der Waals surface area contributed by atoms with Crippen LogP contribution in [-0.2, 0) is 32.6 Å². The molecule has 1 unspecified atom stereocenters. The zero-order chi connectivity index (χ0) is 35.0. The Balaban J connectivity index is 1.84. The molecule has 1 atom stereocenters. The van der Waals surface area contributed by atoms with Crippen molar-refractivity contribution in [2.45, 2.75) is 50.7 Å². The zero-order valence-electron chi connectivity index (χ0n) is 27.4. The van der Waals surface area contributed by atoms with Crippen LogP contribution in [0.3, 0.4) is 0 Å². The number of rotatable bonds is 14. The maximum Gasteiger partial charge on any atom is 0.264 e. The Hall–Kier alpha value is -4.25. The number of amides is 2. The van der Waals surface area contributed by atoms with Crippen molar-refractivity contribution in [1.29, 1.82) is 0 Å². The summed E-state index contributed by atoms with van der Waals surface area (Å²) in [5, 5.41) is 3.56. The Morgan fingerprint density at radius 1 is 0.812 bits per heavy atom. The highest BCUT2D eigenvalue weighted by atomic mass is 35.5. The van der Waals surface area contributed by atoms with Gasteiger partial charge in [0.2, 0.25) is 11.8 Å². The molecule has 2 amide bonds. The monoisotopic (exact) mass is 711 g/mol. The Morgan fingerprint density at radius 2 is 1.48 bits per heavy atom. The van der Waals surface area contributed by atoms with E-state index in [-0.39, 0.29) is 46.3 Å². The SMILES string of the molecule is COc1ccc(S(=O)(=O)N(CC(=O)N(Cc2ccc(Cl)c(Cl)c2)C(Cc2ccccc2)C(=O)NC(C)C)c2ccc(C)cc2)cc1OC. The number of benzene rings is 4. The van der Waals surface area contributed by atoms with Crippen LogP contribution in [0.4, 0.5) is 5.69 Å². The van der Waals surface area contributed by atoms with Gasteiger partial charge in [0, 0.05) is 25.1 Å². The van der Waals surface area contributed by atoms with Crippen LogP contribution in [0.25, 0.3) is 0 Å². The molecule has 0 saturated carbocycles. The van der Waals surface area contributed by atoms with E-state index in [1.807, 2.05) is 51.1 Å². The average molecular weight is 713 g/mol. The lowest BCUT2D eigenvalue weighted by Crippen LogP contribution is -2.54. The Labute approximate surface area is 292 Å². The molecular formula is C36H39Cl2N3O6S. The number of hydrogen-bond acceptors (Lipinski definition) is 6. The number of anilines is 1. The molecule has 48 heavy (non-hydrogen) atoms. The number of carbonyl (C=O) groups excluding carboxylic acids is 2. The first-order valence-corrected chi connectivity index (χ1v) is 17.4. The van der Waals surface area contributed by atoms with E-state index in [0.29, 0.717) is 16.3 Å². The molecule has 0 saturated heterocycles. The van der Waals surface area contributed by atoms with Gasteiger partial charge in [-0.3, -0.25) is 13.9 Å². The van der Waals surface area contributed by atoms with Crippen LogP contribution >= 0.6 is 23.2 Å². The van der Waals surface area contributed by atoms with Crippen LogP contribution in [-0.4, -0.2) is 58.0 Å². The normalized spacial score (nSPS) is 11.9. The molecule has 0 bridgehead atoms. The molecule has 0 radical (unpaired) electrons. The van der Waals surface area contributed by atoms with Gasteiger partial charge in [-0.15, -0.1) is 0 Å². The van der Waals surface area contributed by atoms with Gasteiger partial charge in [-0.25, -0.2) is 8.42 Å². The molecule has 0 aliphatic heterocycles. The lowest BCUT2D eigenvalue weighted by molar-refractivity contribution is -0.140. The summed E-state index contributed by atoms with van der Waals surface area (Å²) in [6.45, 7) is 4.88. The van der Waals surface area contributed by atoms with Gasteiger partial charge in [-0.1, -0.05) is 77.3 Å². The summed E-state index contributed by atoms with van der Waals surface area (Å²) in [5.41, 5.74) is 2.60. The van der Waals surface area contributed by atoms with Gasteiger partial charge in [0.25, 0.3) is 10.0 Å². The van der Waals surface area contributed by atoms with E-state index in [1.165, 1.54) is 37.3 Å². The number of ether oxygens (including phenoxy) is 2. The van der Waals surface area contributed by atoms with Gasteiger partial charge in [0.1, 0.15) is 12.6 Å². The molecule has 0 aromatic heterocycles. The van der Waals surface area contributed by atoms with Gasteiger partial charge in [-0.2, -0.15) is 0 Å². The van der Waals surface area contributed by atoms with Gasteiger partial charge >= 0.3 is 0 Å². The lowest BCUT2D eigenvalue weighted by Gasteiger charge is -2.34. The number of methoxy groups -OCH3 is 2. The highest BCUT2D eigenvalue weighted by Crippen LogP contribution is 2.33. The van der Waals surface area contributed by atoms with Crippen molar-refractivity contribution < 1.29 is 27.5 Å². The van der Waals surface area contributed by atoms with E-state index in [4.69, 9.17) is 32.7 Å². The number of sulfonamides is 1. The van der Waals surface area contributed by atoms with Crippen molar-refractivity contribution in [3.63, 3.8) is 0 Å². The molecule has 0 spiro atoms. The maximum atomic E-state index is 14.6. The molecule has 4 rings (SSSR count). The predicted octanol–water partition coefficient (Wildman–Crippen LogP) is 6.68. The van der Waals surface area contributed by atoms with Crippen LogP contribution in [0, 0.1) is 6.92 Å². The first-order valence-electron chi connectivity index (χ1n) is 15.2. The molecule has 4 aromatic carbocycles. The predicted molar refractivity (Wildman–Crippen MR) is 189 cm³/mol. The first kappa shape index (κ1) is 36.6. The number of hydrogen-bond donors (Lipinski definition) is 1. The van der Waals surface area contributed by atoms with Crippen molar-refractivity contribution in [3.05, 3.63) is 118 Å². The number of halogens is 2. The zero-order valence-corrected chi connectivity index (χ0v) is 29.8. The second kappa shape index (κ2) is 16.2. The van der Waals surface area contributed by atoms with Gasteiger partial charge in [0.15, 0.2) is 11.5 Å². The Bertz CT molecular complexity index is 1840. The third-order valence-corrected chi connectivity index (χ3v) is 10.1. The van der Waals surface area contributed by atoms with Gasteiger partial charge in [-0.05, 0) is 68.3 Å². The molecular weight excluding hydrogens is 673 g/mol. The Kier molecular flexibility index (Phi) is 12.4. The summed E-state index contributed by atoms with van der Waals surface area (Å²) < 4.78 is 40.5. The molecule has 1 N–H and O–H groups in total. The van der Waals surface area contributed by atoms with Crippen molar-refractivity contribution in [1.82, 2.24) is 10.2 Å². The standard InChI is InChI=1S/C36H39Cl2N3O6S/c1-24(2)39-36(43)32(20-26-9-7-6-8-10-26)40(22-27-13-17-30(37)31(38)19-27)35(42)23-41(28-14-11-25(3)12-15-28)48(44,45)29-16-18-33(46-4)34(21-29)47-5/h6-19,21,24,32H,20,22-23H2,1-5H3,(H,39,43). The minimum absolute atomic E-state index is 0.0448. The molecule has 0 aliphatic carbocycles. The van der Waals surface area contributed by atoms with Crippen LogP contribution in [0.5, 0.6) is 11.5 Å². The molecule has 4 aromatic rings. The minimum Gasteiger partial charge on any atom is -0.493 e. The van der Waals surface area contributed by atoms with Crippen LogP contribution in [0.1, 0.15) is 30.5 Å². The topological polar surface area (TPSA) is 105 Å². The largest absolute Gasteiger partial charge is 0.493 e. The summed E-state index contributed by atoms with van der Waals surface area (Å²) in [6.07, 6.45) is 0.180. The highest BCUT2D eigenvalue weighted by molar-refractivity contribution is 7.92. The fourth-order valence-corrected chi connectivity index (χ4v) is 6.86. The molecule has 0 heterocycles. The second-order valence-corrected chi connectivity index (χ2v) is 14.2. The van der Waals surface area contributed by atoms with E-state index in [9.17, 15) is 18.0 Å². The second-order valence-electron chi connectivity index (χ2n) is 11.5. The van der Waals surface area contributed by atoms with Gasteiger partial charge in [0.05, 0.1) is 34.8 Å². The number of nitrogens with one attached hydrogen (secondary N) is 1. The molecule has 0 aliphatic rings.